The monoisotopic (exact) mass is 280 g/mol. The lowest BCUT2D eigenvalue weighted by Gasteiger charge is -2.25. The Morgan fingerprint density at radius 2 is 2.11 bits per heavy atom. The molecule has 0 radical (unpaired) electrons. The van der Waals surface area contributed by atoms with Gasteiger partial charge in [0.05, 0.1) is 10.6 Å². The Balaban J connectivity index is 2.83. The van der Waals surface area contributed by atoms with Crippen LogP contribution < -0.4 is 16.4 Å². The number of anilines is 1. The SMILES string of the molecule is CC(C)CN(CCC(N)=S)c1ccc(C(N)=O)cn1. The van der Waals surface area contributed by atoms with Crippen LogP contribution in [0.15, 0.2) is 18.3 Å². The molecule has 0 atom stereocenters. The summed E-state index contributed by atoms with van der Waals surface area (Å²) in [6, 6.07) is 3.47. The van der Waals surface area contributed by atoms with Crippen molar-refractivity contribution < 1.29 is 4.79 Å². The highest BCUT2D eigenvalue weighted by Gasteiger charge is 2.11. The highest BCUT2D eigenvalue weighted by Crippen LogP contribution is 2.14. The summed E-state index contributed by atoms with van der Waals surface area (Å²) in [6.07, 6.45) is 2.13. The molecule has 1 heterocycles. The van der Waals surface area contributed by atoms with Gasteiger partial charge in [0.2, 0.25) is 5.91 Å². The second-order valence-corrected chi connectivity index (χ2v) is 5.35. The maximum Gasteiger partial charge on any atom is 0.250 e. The molecule has 1 aromatic heterocycles. The molecular weight excluding hydrogens is 260 g/mol. The molecule has 0 aliphatic heterocycles. The largest absolute Gasteiger partial charge is 0.393 e. The van der Waals surface area contributed by atoms with Crippen molar-refractivity contribution in [3.8, 4) is 0 Å². The van der Waals surface area contributed by atoms with Crippen LogP contribution in [0.2, 0.25) is 0 Å². The molecule has 0 saturated carbocycles. The van der Waals surface area contributed by atoms with Crippen LogP contribution in [0.25, 0.3) is 0 Å². The van der Waals surface area contributed by atoms with Crippen LogP contribution >= 0.6 is 12.2 Å². The van der Waals surface area contributed by atoms with E-state index in [2.05, 4.69) is 23.7 Å². The van der Waals surface area contributed by atoms with Crippen LogP contribution in [0.3, 0.4) is 0 Å². The van der Waals surface area contributed by atoms with Crippen molar-refractivity contribution in [2.75, 3.05) is 18.0 Å². The fraction of sp³-hybridized carbons (Fsp3) is 0.462. The molecule has 0 fully saturated rings. The second kappa shape index (κ2) is 7.04. The van der Waals surface area contributed by atoms with E-state index in [0.717, 1.165) is 18.9 Å². The van der Waals surface area contributed by atoms with E-state index in [1.165, 1.54) is 6.20 Å². The van der Waals surface area contributed by atoms with Gasteiger partial charge in [0, 0.05) is 25.7 Å². The summed E-state index contributed by atoms with van der Waals surface area (Å²) in [5.41, 5.74) is 11.1. The van der Waals surface area contributed by atoms with E-state index in [4.69, 9.17) is 23.7 Å². The van der Waals surface area contributed by atoms with Crippen molar-refractivity contribution in [3.63, 3.8) is 0 Å². The van der Waals surface area contributed by atoms with Crippen molar-refractivity contribution in [2.45, 2.75) is 20.3 Å². The van der Waals surface area contributed by atoms with Gasteiger partial charge in [0.15, 0.2) is 0 Å². The van der Waals surface area contributed by atoms with Crippen LogP contribution in [0.4, 0.5) is 5.82 Å². The molecule has 4 N–H and O–H groups in total. The third kappa shape index (κ3) is 5.21. The number of hydrogen-bond acceptors (Lipinski definition) is 4. The molecular formula is C13H20N4OS. The molecule has 0 aromatic carbocycles. The van der Waals surface area contributed by atoms with E-state index >= 15 is 0 Å². The highest BCUT2D eigenvalue weighted by molar-refractivity contribution is 7.80. The first-order valence-electron chi connectivity index (χ1n) is 6.19. The van der Waals surface area contributed by atoms with Crippen LogP contribution in [0.1, 0.15) is 30.6 Å². The van der Waals surface area contributed by atoms with Gasteiger partial charge in [-0.2, -0.15) is 0 Å². The highest BCUT2D eigenvalue weighted by atomic mass is 32.1. The number of amides is 1. The van der Waals surface area contributed by atoms with E-state index < -0.39 is 5.91 Å². The van der Waals surface area contributed by atoms with Crippen LogP contribution in [0.5, 0.6) is 0 Å². The van der Waals surface area contributed by atoms with Crippen molar-refractivity contribution in [2.24, 2.45) is 17.4 Å². The second-order valence-electron chi connectivity index (χ2n) is 4.83. The van der Waals surface area contributed by atoms with Gasteiger partial charge in [-0.05, 0) is 18.1 Å². The molecule has 1 amide bonds. The summed E-state index contributed by atoms with van der Waals surface area (Å²) in [6.45, 7) is 5.83. The molecule has 1 aromatic rings. The summed E-state index contributed by atoms with van der Waals surface area (Å²) in [4.78, 5) is 17.9. The summed E-state index contributed by atoms with van der Waals surface area (Å²) in [7, 11) is 0. The molecule has 0 unspecified atom stereocenters. The molecule has 0 aliphatic rings. The van der Waals surface area contributed by atoms with Gasteiger partial charge in [0.25, 0.3) is 0 Å². The number of thiocarbonyl (C=S) groups is 1. The van der Waals surface area contributed by atoms with Gasteiger partial charge in [-0.3, -0.25) is 4.79 Å². The van der Waals surface area contributed by atoms with Gasteiger partial charge in [-0.25, -0.2) is 4.98 Å². The zero-order valence-electron chi connectivity index (χ0n) is 11.3. The minimum Gasteiger partial charge on any atom is -0.393 e. The molecule has 19 heavy (non-hydrogen) atoms. The Labute approximate surface area is 119 Å². The minimum atomic E-state index is -0.474. The smallest absolute Gasteiger partial charge is 0.250 e. The zero-order valence-corrected chi connectivity index (χ0v) is 12.1. The lowest BCUT2D eigenvalue weighted by atomic mass is 10.2. The number of carbonyl (C=O) groups excluding carboxylic acids is 1. The molecule has 0 aliphatic carbocycles. The maximum atomic E-state index is 11.0. The summed E-state index contributed by atoms with van der Waals surface area (Å²) < 4.78 is 0. The predicted octanol–water partition coefficient (Wildman–Crippen LogP) is 1.32. The van der Waals surface area contributed by atoms with E-state index in [0.29, 0.717) is 22.9 Å². The predicted molar refractivity (Wildman–Crippen MR) is 81.2 cm³/mol. The Kier molecular flexibility index (Phi) is 5.69. The maximum absolute atomic E-state index is 11.0. The number of nitrogens with two attached hydrogens (primary N) is 2. The molecule has 5 nitrogen and oxygen atoms in total. The van der Waals surface area contributed by atoms with Crippen molar-refractivity contribution >= 4 is 28.9 Å². The van der Waals surface area contributed by atoms with Gasteiger partial charge in [-0.15, -0.1) is 0 Å². The number of aromatic nitrogens is 1. The molecule has 0 saturated heterocycles. The van der Waals surface area contributed by atoms with Crippen LogP contribution in [-0.4, -0.2) is 29.0 Å². The lowest BCUT2D eigenvalue weighted by molar-refractivity contribution is 0.1000. The van der Waals surface area contributed by atoms with E-state index in [-0.39, 0.29) is 0 Å². The Hall–Kier alpha value is -1.69. The van der Waals surface area contributed by atoms with E-state index in [1.807, 2.05) is 0 Å². The molecule has 104 valence electrons. The fourth-order valence-corrected chi connectivity index (χ4v) is 1.80. The standard InChI is InChI=1S/C13H20N4OS/c1-9(2)8-17(6-5-11(14)19)12-4-3-10(7-16-12)13(15)18/h3-4,7,9H,5-6,8H2,1-2H3,(H2,14,19)(H2,15,18). The first kappa shape index (κ1) is 15.4. The number of hydrogen-bond donors (Lipinski definition) is 2. The number of pyridine rings is 1. The first-order chi connectivity index (χ1) is 8.90. The van der Waals surface area contributed by atoms with Crippen molar-refractivity contribution in [1.29, 1.82) is 0 Å². The topological polar surface area (TPSA) is 85.2 Å². The van der Waals surface area contributed by atoms with Gasteiger partial charge in [-0.1, -0.05) is 26.1 Å². The quantitative estimate of drug-likeness (QED) is 0.736. The van der Waals surface area contributed by atoms with Crippen molar-refractivity contribution in [1.82, 2.24) is 4.98 Å². The Morgan fingerprint density at radius 3 is 2.53 bits per heavy atom. The number of rotatable bonds is 7. The molecule has 0 bridgehead atoms. The minimum absolute atomic E-state index is 0.405. The molecule has 1 rings (SSSR count). The van der Waals surface area contributed by atoms with Gasteiger partial charge < -0.3 is 16.4 Å². The first-order valence-corrected chi connectivity index (χ1v) is 6.60. The van der Waals surface area contributed by atoms with Crippen molar-refractivity contribution in [3.05, 3.63) is 23.9 Å². The molecule has 6 heteroatoms. The number of primary amides is 1. The number of nitrogens with zero attached hydrogens (tertiary/aromatic N) is 2. The Morgan fingerprint density at radius 1 is 1.42 bits per heavy atom. The number of carbonyl (C=O) groups is 1. The average molecular weight is 280 g/mol. The average Bonchev–Trinajstić information content (AvgIpc) is 2.34. The zero-order chi connectivity index (χ0) is 14.4. The van der Waals surface area contributed by atoms with E-state index in [9.17, 15) is 4.79 Å². The molecule has 0 spiro atoms. The van der Waals surface area contributed by atoms with Crippen LogP contribution in [0, 0.1) is 5.92 Å². The fourth-order valence-electron chi connectivity index (χ4n) is 1.70. The summed E-state index contributed by atoms with van der Waals surface area (Å²) in [5.74, 6) is 0.816. The lowest BCUT2D eigenvalue weighted by Crippen LogP contribution is -2.31. The summed E-state index contributed by atoms with van der Waals surface area (Å²) >= 11 is 4.90. The third-order valence-corrected chi connectivity index (χ3v) is 2.77. The summed E-state index contributed by atoms with van der Waals surface area (Å²) in [5, 5.41) is 0. The van der Waals surface area contributed by atoms with E-state index in [1.54, 1.807) is 12.1 Å². The van der Waals surface area contributed by atoms with Crippen LogP contribution in [-0.2, 0) is 0 Å². The van der Waals surface area contributed by atoms with Gasteiger partial charge >= 0.3 is 0 Å². The normalized spacial score (nSPS) is 10.5. The third-order valence-electron chi connectivity index (χ3n) is 2.57. The Bertz CT molecular complexity index is 444. The van der Waals surface area contributed by atoms with Gasteiger partial charge in [0.1, 0.15) is 5.82 Å².